The van der Waals surface area contributed by atoms with Crippen LogP contribution in [0.3, 0.4) is 0 Å². The summed E-state index contributed by atoms with van der Waals surface area (Å²) >= 11 is 0. The van der Waals surface area contributed by atoms with Crippen LogP contribution in [0.2, 0.25) is 0 Å². The summed E-state index contributed by atoms with van der Waals surface area (Å²) in [7, 11) is 0. The van der Waals surface area contributed by atoms with E-state index in [0.29, 0.717) is 0 Å². The first-order valence-corrected chi connectivity index (χ1v) is 7.89. The normalized spacial score (nSPS) is 9.65. The van der Waals surface area contributed by atoms with E-state index >= 15 is 0 Å². The molecular weight excluding hydrogens is 253 g/mol. The van der Waals surface area contributed by atoms with Crippen molar-refractivity contribution in [2.24, 2.45) is 0 Å². The predicted octanol–water partition coefficient (Wildman–Crippen LogP) is 6.02. The molecule has 0 saturated heterocycles. The first kappa shape index (κ1) is 22.3. The van der Waals surface area contributed by atoms with Gasteiger partial charge in [0.25, 0.3) is 0 Å². The Morgan fingerprint density at radius 2 is 1.35 bits per heavy atom. The monoisotopic (exact) mass is 284 g/mol. The average molecular weight is 285 g/mol. The largest absolute Gasteiger partial charge is 2.00 e. The van der Waals surface area contributed by atoms with Gasteiger partial charge in [0.1, 0.15) is 0 Å². The molecule has 1 aromatic rings. The van der Waals surface area contributed by atoms with E-state index in [0.717, 1.165) is 0 Å². The molecule has 0 radical (unpaired) electrons. The minimum atomic E-state index is 0. The standard InChI is InChI=1S/C18H29.CH3.Mg/c1-2-3-4-5-6-7-8-9-10-12-15-18-16-13-11-14-17-18;;/h11,13-14,16H,2-10,12,15H2,1H3;1H3;/q2*-1;+2. The van der Waals surface area contributed by atoms with Crippen molar-refractivity contribution in [2.45, 2.75) is 77.6 Å². The third-order valence-electron chi connectivity index (χ3n) is 3.57. The van der Waals surface area contributed by atoms with Crippen LogP contribution in [-0.2, 0) is 6.42 Å². The second-order valence-corrected chi connectivity index (χ2v) is 5.32. The summed E-state index contributed by atoms with van der Waals surface area (Å²) in [6, 6.07) is 11.7. The molecule has 0 nitrogen and oxygen atoms in total. The first-order chi connectivity index (χ1) is 8.93. The fraction of sp³-hybridized carbons (Fsp3) is 0.632. The van der Waals surface area contributed by atoms with Gasteiger partial charge in [-0.25, -0.2) is 0 Å². The van der Waals surface area contributed by atoms with Gasteiger partial charge in [0.15, 0.2) is 0 Å². The zero-order valence-corrected chi connectivity index (χ0v) is 15.2. The van der Waals surface area contributed by atoms with Crippen LogP contribution in [0.25, 0.3) is 0 Å². The second-order valence-electron chi connectivity index (χ2n) is 5.32. The molecule has 0 saturated carbocycles. The molecule has 0 spiro atoms. The summed E-state index contributed by atoms with van der Waals surface area (Å²) in [6.07, 6.45) is 15.3. The fourth-order valence-corrected chi connectivity index (χ4v) is 2.39. The molecule has 0 atom stereocenters. The van der Waals surface area contributed by atoms with E-state index in [-0.39, 0.29) is 30.5 Å². The third kappa shape index (κ3) is 13.0. The maximum Gasteiger partial charge on any atom is 2.00 e. The number of unbranched alkanes of at least 4 members (excludes halogenated alkanes) is 9. The summed E-state index contributed by atoms with van der Waals surface area (Å²) in [5.41, 5.74) is 1.37. The van der Waals surface area contributed by atoms with E-state index in [9.17, 15) is 0 Å². The second kappa shape index (κ2) is 17.0. The minimum Gasteiger partial charge on any atom is -0.358 e. The van der Waals surface area contributed by atoms with E-state index in [4.69, 9.17) is 0 Å². The van der Waals surface area contributed by atoms with Crippen LogP contribution in [-0.4, -0.2) is 23.1 Å². The van der Waals surface area contributed by atoms with E-state index in [1.807, 2.05) is 12.1 Å². The van der Waals surface area contributed by atoms with Crippen LogP contribution < -0.4 is 0 Å². The first-order valence-electron chi connectivity index (χ1n) is 7.89. The SMILES string of the molecule is CCCCCCCCCCCCc1[c-]cccc1.[CH3-].[Mg+2]. The minimum absolute atomic E-state index is 0. The Kier molecular flexibility index (Phi) is 19.0. The molecule has 1 aromatic carbocycles. The molecular formula is C19H32Mg. The summed E-state index contributed by atoms with van der Waals surface area (Å²) in [5, 5.41) is 0. The van der Waals surface area contributed by atoms with Gasteiger partial charge < -0.3 is 7.43 Å². The average Bonchev–Trinajstić information content (AvgIpc) is 2.42. The van der Waals surface area contributed by atoms with E-state index in [1.54, 1.807) is 0 Å². The van der Waals surface area contributed by atoms with Gasteiger partial charge in [-0.05, 0) is 0 Å². The Morgan fingerprint density at radius 1 is 0.800 bits per heavy atom. The maximum absolute atomic E-state index is 3.30. The van der Waals surface area contributed by atoms with Crippen molar-refractivity contribution in [3.8, 4) is 0 Å². The van der Waals surface area contributed by atoms with E-state index in [1.165, 1.54) is 76.2 Å². The molecule has 0 fully saturated rings. The fourth-order valence-electron chi connectivity index (χ4n) is 2.39. The summed E-state index contributed by atoms with van der Waals surface area (Å²) < 4.78 is 0. The molecule has 110 valence electrons. The summed E-state index contributed by atoms with van der Waals surface area (Å²) in [6.45, 7) is 2.28. The number of aryl methyl sites for hydroxylation is 1. The molecule has 1 heteroatoms. The Balaban J connectivity index is 0. The molecule has 1 rings (SSSR count). The van der Waals surface area contributed by atoms with Gasteiger partial charge in [0, 0.05) is 0 Å². The van der Waals surface area contributed by atoms with Gasteiger partial charge in [0.05, 0.1) is 0 Å². The quantitative estimate of drug-likeness (QED) is 0.265. The van der Waals surface area contributed by atoms with Crippen molar-refractivity contribution in [1.82, 2.24) is 0 Å². The van der Waals surface area contributed by atoms with Crippen LogP contribution in [0.1, 0.15) is 76.7 Å². The number of hydrogen-bond acceptors (Lipinski definition) is 0. The summed E-state index contributed by atoms with van der Waals surface area (Å²) in [5.74, 6) is 0. The number of rotatable bonds is 11. The molecule has 0 N–H and O–H groups in total. The zero-order valence-electron chi connectivity index (χ0n) is 13.8. The molecule has 0 heterocycles. The van der Waals surface area contributed by atoms with Gasteiger partial charge in [-0.1, -0.05) is 77.6 Å². The summed E-state index contributed by atoms with van der Waals surface area (Å²) in [4.78, 5) is 0. The zero-order chi connectivity index (χ0) is 12.9. The van der Waals surface area contributed by atoms with Gasteiger partial charge in [0.2, 0.25) is 0 Å². The van der Waals surface area contributed by atoms with Crippen molar-refractivity contribution in [3.05, 3.63) is 43.3 Å². The molecule has 0 aliphatic carbocycles. The van der Waals surface area contributed by atoms with Crippen LogP contribution in [0, 0.1) is 13.5 Å². The Labute approximate surface area is 143 Å². The molecule has 0 amide bonds. The predicted molar refractivity (Wildman–Crippen MR) is 93.0 cm³/mol. The number of benzene rings is 1. The van der Waals surface area contributed by atoms with Crippen molar-refractivity contribution < 1.29 is 0 Å². The van der Waals surface area contributed by atoms with Crippen molar-refractivity contribution >= 4 is 23.1 Å². The van der Waals surface area contributed by atoms with Crippen LogP contribution in [0.5, 0.6) is 0 Å². The van der Waals surface area contributed by atoms with Crippen molar-refractivity contribution in [1.29, 1.82) is 0 Å². The van der Waals surface area contributed by atoms with Crippen molar-refractivity contribution in [2.75, 3.05) is 0 Å². The Bertz CT molecular complexity index is 268. The molecule has 0 aliphatic heterocycles. The van der Waals surface area contributed by atoms with Gasteiger partial charge in [-0.3, -0.25) is 0 Å². The third-order valence-corrected chi connectivity index (χ3v) is 3.57. The Hall–Kier alpha value is -0.0138. The van der Waals surface area contributed by atoms with Crippen LogP contribution in [0.4, 0.5) is 0 Å². The van der Waals surface area contributed by atoms with E-state index in [2.05, 4.69) is 25.1 Å². The van der Waals surface area contributed by atoms with Crippen molar-refractivity contribution in [3.63, 3.8) is 0 Å². The maximum atomic E-state index is 3.30. The Morgan fingerprint density at radius 3 is 1.85 bits per heavy atom. The van der Waals surface area contributed by atoms with Crippen LogP contribution >= 0.6 is 0 Å². The van der Waals surface area contributed by atoms with Gasteiger partial charge in [-0.2, -0.15) is 35.9 Å². The molecule has 0 bridgehead atoms. The van der Waals surface area contributed by atoms with Gasteiger partial charge in [-0.15, -0.1) is 0 Å². The topological polar surface area (TPSA) is 0 Å². The molecule has 0 unspecified atom stereocenters. The van der Waals surface area contributed by atoms with Gasteiger partial charge >= 0.3 is 23.1 Å². The number of hydrogen-bond donors (Lipinski definition) is 0. The molecule has 20 heavy (non-hydrogen) atoms. The smallest absolute Gasteiger partial charge is 0.358 e. The van der Waals surface area contributed by atoms with Crippen LogP contribution in [0.15, 0.2) is 24.3 Å². The molecule has 0 aliphatic rings. The van der Waals surface area contributed by atoms with E-state index < -0.39 is 0 Å². The molecule has 0 aromatic heterocycles.